The Kier molecular flexibility index (Phi) is 3.74. The number of carbonyl (C=O) groups excluding carboxylic acids is 2. The maximum atomic E-state index is 13.3. The Labute approximate surface area is 166 Å². The van der Waals surface area contributed by atoms with E-state index >= 15 is 0 Å². The number of anilines is 1. The summed E-state index contributed by atoms with van der Waals surface area (Å²) in [5.41, 5.74) is 4.18. The van der Waals surface area contributed by atoms with E-state index in [-0.39, 0.29) is 17.5 Å². The van der Waals surface area contributed by atoms with Crippen molar-refractivity contribution < 1.29 is 9.59 Å². The topological polar surface area (TPSA) is 92.6 Å². The molecule has 0 radical (unpaired) electrons. The molecule has 3 aromatic rings. The van der Waals surface area contributed by atoms with Crippen molar-refractivity contribution in [3.8, 4) is 6.07 Å². The Morgan fingerprint density at radius 2 is 1.97 bits per heavy atom. The summed E-state index contributed by atoms with van der Waals surface area (Å²) in [6.45, 7) is 1.89. The third-order valence-corrected chi connectivity index (χ3v) is 5.52. The summed E-state index contributed by atoms with van der Waals surface area (Å²) in [7, 11) is 0. The minimum absolute atomic E-state index is 0.185. The summed E-state index contributed by atoms with van der Waals surface area (Å²) in [4.78, 5) is 30.9. The Morgan fingerprint density at radius 3 is 2.69 bits per heavy atom. The van der Waals surface area contributed by atoms with E-state index in [0.29, 0.717) is 24.2 Å². The number of carbonyl (C=O) groups is 2. The monoisotopic (exact) mass is 383 g/mol. The molecule has 1 atom stereocenters. The lowest BCUT2D eigenvalue weighted by atomic mass is 9.94. The lowest BCUT2D eigenvalue weighted by Crippen LogP contribution is -2.58. The van der Waals surface area contributed by atoms with Gasteiger partial charge in [-0.25, -0.2) is 0 Å². The summed E-state index contributed by atoms with van der Waals surface area (Å²) in [6, 6.07) is 16.2. The molecule has 7 heteroatoms. The van der Waals surface area contributed by atoms with Crippen molar-refractivity contribution >= 4 is 34.1 Å². The van der Waals surface area contributed by atoms with E-state index in [1.165, 1.54) is 11.9 Å². The number of benzene rings is 2. The maximum Gasteiger partial charge on any atom is 0.270 e. The van der Waals surface area contributed by atoms with Crippen LogP contribution in [0.2, 0.25) is 0 Å². The van der Waals surface area contributed by atoms with E-state index < -0.39 is 6.04 Å². The Bertz CT molecular complexity index is 1230. The van der Waals surface area contributed by atoms with Crippen molar-refractivity contribution in [3.63, 3.8) is 0 Å². The number of H-pyrrole nitrogens is 1. The number of hydrazone groups is 1. The fourth-order valence-electron chi connectivity index (χ4n) is 4.13. The van der Waals surface area contributed by atoms with Crippen molar-refractivity contribution in [1.29, 1.82) is 5.26 Å². The Morgan fingerprint density at radius 1 is 1.21 bits per heavy atom. The van der Waals surface area contributed by atoms with Crippen molar-refractivity contribution in [1.82, 2.24) is 9.88 Å². The molecule has 2 aromatic carbocycles. The third-order valence-electron chi connectivity index (χ3n) is 5.52. The summed E-state index contributed by atoms with van der Waals surface area (Å²) < 4.78 is 0. The van der Waals surface area contributed by atoms with Gasteiger partial charge in [-0.1, -0.05) is 18.2 Å². The van der Waals surface area contributed by atoms with Crippen LogP contribution in [0, 0.1) is 11.3 Å². The van der Waals surface area contributed by atoms with Gasteiger partial charge in [-0.15, -0.1) is 5.10 Å². The second kappa shape index (κ2) is 6.31. The predicted molar refractivity (Wildman–Crippen MR) is 108 cm³/mol. The van der Waals surface area contributed by atoms with Gasteiger partial charge in [0, 0.05) is 29.9 Å². The first kappa shape index (κ1) is 17.2. The first-order valence-electron chi connectivity index (χ1n) is 9.35. The predicted octanol–water partition coefficient (Wildman–Crippen LogP) is 2.72. The molecule has 1 amide bonds. The maximum absolute atomic E-state index is 13.3. The van der Waals surface area contributed by atoms with E-state index in [4.69, 9.17) is 5.26 Å². The van der Waals surface area contributed by atoms with Gasteiger partial charge in [-0.3, -0.25) is 9.59 Å². The molecular formula is C22H17N5O2. The number of fused-ring (bicyclic) bond motifs is 4. The van der Waals surface area contributed by atoms with E-state index in [9.17, 15) is 9.59 Å². The highest BCUT2D eigenvalue weighted by atomic mass is 16.2. The second-order valence-electron chi connectivity index (χ2n) is 7.26. The molecule has 1 unspecified atom stereocenters. The molecule has 0 saturated heterocycles. The van der Waals surface area contributed by atoms with E-state index in [1.54, 1.807) is 29.2 Å². The summed E-state index contributed by atoms with van der Waals surface area (Å²) in [6.07, 6.45) is 0.497. The molecule has 5 rings (SSSR count). The normalized spacial score (nSPS) is 18.1. The minimum Gasteiger partial charge on any atom is -0.357 e. The average molecular weight is 383 g/mol. The van der Waals surface area contributed by atoms with Crippen molar-refractivity contribution in [2.75, 3.05) is 5.01 Å². The van der Waals surface area contributed by atoms with Crippen LogP contribution in [0.15, 0.2) is 53.6 Å². The number of rotatable bonds is 2. The summed E-state index contributed by atoms with van der Waals surface area (Å²) in [5.74, 6) is -0.111. The SMILES string of the molecule is CC(=O)C1=NN(c2ccc(C#N)cc2)C(=O)C2Cc3c([nH]c4ccccc34)CN12. The number of para-hydroxylation sites is 1. The Hall–Kier alpha value is -3.92. The van der Waals surface area contributed by atoms with Gasteiger partial charge in [0.1, 0.15) is 6.04 Å². The van der Waals surface area contributed by atoms with Crippen LogP contribution >= 0.6 is 0 Å². The van der Waals surface area contributed by atoms with Gasteiger partial charge in [0.15, 0.2) is 11.6 Å². The smallest absolute Gasteiger partial charge is 0.270 e. The number of Topliss-reactive ketones (excluding diaryl/α,β-unsaturated/α-hetero) is 1. The largest absolute Gasteiger partial charge is 0.357 e. The van der Waals surface area contributed by atoms with Crippen LogP contribution in [-0.2, 0) is 22.6 Å². The summed E-state index contributed by atoms with van der Waals surface area (Å²) >= 11 is 0. The fraction of sp³-hybridized carbons (Fsp3) is 0.182. The zero-order chi connectivity index (χ0) is 20.1. The van der Waals surface area contributed by atoms with Gasteiger partial charge in [0.2, 0.25) is 0 Å². The minimum atomic E-state index is -0.506. The van der Waals surface area contributed by atoms with Crippen LogP contribution in [0.4, 0.5) is 5.69 Å². The number of nitrogens with one attached hydrogen (secondary N) is 1. The van der Waals surface area contributed by atoms with Crippen LogP contribution in [-0.4, -0.2) is 33.5 Å². The molecule has 1 N–H and O–H groups in total. The molecule has 0 fully saturated rings. The lowest BCUT2D eigenvalue weighted by molar-refractivity contribution is -0.124. The van der Waals surface area contributed by atoms with Crippen LogP contribution < -0.4 is 5.01 Å². The number of hydrogen-bond acceptors (Lipinski definition) is 5. The number of aromatic amines is 1. The third kappa shape index (κ3) is 2.61. The van der Waals surface area contributed by atoms with Gasteiger partial charge in [0.25, 0.3) is 5.91 Å². The lowest BCUT2D eigenvalue weighted by Gasteiger charge is -2.41. The summed E-state index contributed by atoms with van der Waals surface area (Å²) in [5, 5.41) is 15.8. The van der Waals surface area contributed by atoms with Gasteiger partial charge in [-0.2, -0.15) is 10.3 Å². The van der Waals surface area contributed by atoms with E-state index in [1.807, 2.05) is 24.3 Å². The van der Waals surface area contributed by atoms with Crippen LogP contribution in [0.1, 0.15) is 23.7 Å². The molecule has 29 heavy (non-hydrogen) atoms. The number of hydrogen-bond donors (Lipinski definition) is 1. The number of ketones is 1. The molecule has 142 valence electrons. The number of amidine groups is 1. The van der Waals surface area contributed by atoms with Crippen molar-refractivity contribution in [2.45, 2.75) is 25.9 Å². The van der Waals surface area contributed by atoms with Crippen LogP contribution in [0.5, 0.6) is 0 Å². The molecule has 2 aliphatic heterocycles. The number of nitrogens with zero attached hydrogens (tertiary/aromatic N) is 4. The van der Waals surface area contributed by atoms with Crippen LogP contribution in [0.3, 0.4) is 0 Å². The van der Waals surface area contributed by atoms with Crippen molar-refractivity contribution in [3.05, 3.63) is 65.4 Å². The molecule has 0 bridgehead atoms. The van der Waals surface area contributed by atoms with Gasteiger partial charge in [0.05, 0.1) is 23.9 Å². The molecule has 0 spiro atoms. The fourth-order valence-corrected chi connectivity index (χ4v) is 4.13. The molecule has 3 heterocycles. The number of amides is 1. The van der Waals surface area contributed by atoms with Crippen molar-refractivity contribution in [2.24, 2.45) is 5.10 Å². The molecular weight excluding hydrogens is 366 g/mol. The second-order valence-corrected chi connectivity index (χ2v) is 7.26. The molecule has 7 nitrogen and oxygen atoms in total. The average Bonchev–Trinajstić information content (AvgIpc) is 3.10. The van der Waals surface area contributed by atoms with E-state index in [0.717, 1.165) is 22.2 Å². The highest BCUT2D eigenvalue weighted by Gasteiger charge is 2.42. The quantitative estimate of drug-likeness (QED) is 0.736. The highest BCUT2D eigenvalue weighted by molar-refractivity contribution is 6.39. The molecule has 0 aliphatic carbocycles. The van der Waals surface area contributed by atoms with E-state index in [2.05, 4.69) is 16.2 Å². The molecule has 1 aromatic heterocycles. The van der Waals surface area contributed by atoms with Gasteiger partial charge < -0.3 is 9.88 Å². The molecule has 0 saturated carbocycles. The van der Waals surface area contributed by atoms with Gasteiger partial charge >= 0.3 is 0 Å². The highest BCUT2D eigenvalue weighted by Crippen LogP contribution is 2.34. The molecule has 2 aliphatic rings. The number of nitriles is 1. The first-order valence-corrected chi connectivity index (χ1v) is 9.35. The zero-order valence-corrected chi connectivity index (χ0v) is 15.7. The first-order chi connectivity index (χ1) is 14.1. The number of aromatic nitrogens is 1. The Balaban J connectivity index is 1.60. The van der Waals surface area contributed by atoms with Gasteiger partial charge in [-0.05, 0) is 35.9 Å². The zero-order valence-electron chi connectivity index (χ0n) is 15.7. The van der Waals surface area contributed by atoms with Crippen LogP contribution in [0.25, 0.3) is 10.9 Å². The standard InChI is InChI=1S/C22H17N5O2/c1-13(28)21-25-27(15-8-6-14(11-23)7-9-15)22(29)20-10-17-16-4-2-3-5-18(16)24-19(17)12-26(20)21/h2-9,20,24H,10,12H2,1H3.